The number of methoxy groups -OCH3 is 1. The van der Waals surface area contributed by atoms with Gasteiger partial charge in [0.1, 0.15) is 11.6 Å². The molecule has 2 rings (SSSR count). The van der Waals surface area contributed by atoms with Crippen molar-refractivity contribution in [2.24, 2.45) is 0 Å². The first-order valence-corrected chi connectivity index (χ1v) is 6.70. The molecular weight excluding hydrogens is 269 g/mol. The second-order valence-electron chi connectivity index (χ2n) is 4.90. The van der Waals surface area contributed by atoms with Crippen LogP contribution in [0.1, 0.15) is 11.1 Å². The molecule has 0 fully saturated rings. The van der Waals surface area contributed by atoms with Crippen LogP contribution >= 0.6 is 0 Å². The van der Waals surface area contributed by atoms with E-state index in [2.05, 4.69) is 0 Å². The molecular formula is C17H18FNO2. The first-order valence-electron chi connectivity index (χ1n) is 6.70. The zero-order chi connectivity index (χ0) is 15.2. The van der Waals surface area contributed by atoms with Gasteiger partial charge in [-0.05, 0) is 35.4 Å². The van der Waals surface area contributed by atoms with Crippen LogP contribution in [0.4, 0.5) is 4.39 Å². The molecule has 0 unspecified atom stereocenters. The quantitative estimate of drug-likeness (QED) is 0.846. The smallest absolute Gasteiger partial charge is 0.227 e. The van der Waals surface area contributed by atoms with E-state index in [0.29, 0.717) is 13.0 Å². The van der Waals surface area contributed by atoms with E-state index < -0.39 is 0 Å². The molecule has 0 heterocycles. The SMILES string of the molecule is COc1ccc(CC(=O)N(C)Cc2ccc(F)cc2)cc1. The molecule has 110 valence electrons. The van der Waals surface area contributed by atoms with E-state index >= 15 is 0 Å². The maximum absolute atomic E-state index is 12.8. The number of ether oxygens (including phenoxy) is 1. The van der Waals surface area contributed by atoms with Crippen LogP contribution in [-0.2, 0) is 17.8 Å². The van der Waals surface area contributed by atoms with Crippen molar-refractivity contribution >= 4 is 5.91 Å². The fourth-order valence-corrected chi connectivity index (χ4v) is 2.00. The lowest BCUT2D eigenvalue weighted by molar-refractivity contribution is -0.129. The molecule has 0 aliphatic heterocycles. The summed E-state index contributed by atoms with van der Waals surface area (Å²) in [7, 11) is 3.35. The topological polar surface area (TPSA) is 29.5 Å². The van der Waals surface area contributed by atoms with Crippen molar-refractivity contribution in [1.82, 2.24) is 4.90 Å². The molecule has 21 heavy (non-hydrogen) atoms. The van der Waals surface area contributed by atoms with Crippen molar-refractivity contribution in [2.45, 2.75) is 13.0 Å². The van der Waals surface area contributed by atoms with E-state index in [0.717, 1.165) is 16.9 Å². The van der Waals surface area contributed by atoms with Gasteiger partial charge < -0.3 is 9.64 Å². The number of likely N-dealkylation sites (N-methyl/N-ethyl adjacent to an activating group) is 1. The third-order valence-electron chi connectivity index (χ3n) is 3.27. The second kappa shape index (κ2) is 6.88. The fraction of sp³-hybridized carbons (Fsp3) is 0.235. The van der Waals surface area contributed by atoms with Gasteiger partial charge in [-0.25, -0.2) is 4.39 Å². The fourth-order valence-electron chi connectivity index (χ4n) is 2.00. The summed E-state index contributed by atoms with van der Waals surface area (Å²) in [6, 6.07) is 13.6. The number of hydrogen-bond acceptors (Lipinski definition) is 2. The van der Waals surface area contributed by atoms with Crippen molar-refractivity contribution in [3.63, 3.8) is 0 Å². The number of hydrogen-bond donors (Lipinski definition) is 0. The lowest BCUT2D eigenvalue weighted by Crippen LogP contribution is -2.27. The normalized spacial score (nSPS) is 10.2. The molecule has 0 radical (unpaired) electrons. The third kappa shape index (κ3) is 4.31. The number of carbonyl (C=O) groups excluding carboxylic acids is 1. The standard InChI is InChI=1S/C17H18FNO2/c1-19(12-14-3-7-15(18)8-4-14)17(20)11-13-5-9-16(21-2)10-6-13/h3-10H,11-12H2,1-2H3. The average molecular weight is 287 g/mol. The van der Waals surface area contributed by atoms with Crippen LogP contribution in [0.5, 0.6) is 5.75 Å². The van der Waals surface area contributed by atoms with E-state index in [1.165, 1.54) is 12.1 Å². The van der Waals surface area contributed by atoms with Gasteiger partial charge in [0.05, 0.1) is 13.5 Å². The van der Waals surface area contributed by atoms with Crippen LogP contribution in [0.3, 0.4) is 0 Å². The summed E-state index contributed by atoms with van der Waals surface area (Å²) in [5.74, 6) is 0.515. The zero-order valence-electron chi connectivity index (χ0n) is 12.2. The minimum Gasteiger partial charge on any atom is -0.497 e. The summed E-state index contributed by atoms with van der Waals surface area (Å²) in [6.07, 6.45) is 0.335. The van der Waals surface area contributed by atoms with Gasteiger partial charge in [-0.3, -0.25) is 4.79 Å². The van der Waals surface area contributed by atoms with Gasteiger partial charge in [0.2, 0.25) is 5.91 Å². The molecule has 0 bridgehead atoms. The number of nitrogens with zero attached hydrogens (tertiary/aromatic N) is 1. The lowest BCUT2D eigenvalue weighted by Gasteiger charge is -2.17. The van der Waals surface area contributed by atoms with E-state index in [1.807, 2.05) is 24.3 Å². The number of benzene rings is 2. The molecule has 2 aromatic carbocycles. The van der Waals surface area contributed by atoms with E-state index in [4.69, 9.17) is 4.74 Å². The van der Waals surface area contributed by atoms with Gasteiger partial charge in [-0.2, -0.15) is 0 Å². The second-order valence-corrected chi connectivity index (χ2v) is 4.90. The summed E-state index contributed by atoms with van der Waals surface area (Å²) >= 11 is 0. The minimum absolute atomic E-state index is 0.0180. The van der Waals surface area contributed by atoms with Crippen LogP contribution in [0.2, 0.25) is 0 Å². The first-order chi connectivity index (χ1) is 10.1. The molecule has 4 heteroatoms. The van der Waals surface area contributed by atoms with Crippen LogP contribution in [0.15, 0.2) is 48.5 Å². The van der Waals surface area contributed by atoms with Crippen molar-refractivity contribution in [3.8, 4) is 5.75 Å². The average Bonchev–Trinajstić information content (AvgIpc) is 2.50. The molecule has 0 aliphatic carbocycles. The molecule has 2 aromatic rings. The molecule has 0 spiro atoms. The summed E-state index contributed by atoms with van der Waals surface area (Å²) < 4.78 is 17.9. The molecule has 1 amide bonds. The maximum atomic E-state index is 12.8. The highest BCUT2D eigenvalue weighted by molar-refractivity contribution is 5.78. The van der Waals surface area contributed by atoms with Crippen LogP contribution in [-0.4, -0.2) is 25.0 Å². The Kier molecular flexibility index (Phi) is 4.93. The van der Waals surface area contributed by atoms with Gasteiger partial charge in [0, 0.05) is 13.6 Å². The number of amides is 1. The number of rotatable bonds is 5. The Hall–Kier alpha value is -2.36. The molecule has 0 saturated carbocycles. The van der Waals surface area contributed by atoms with Gasteiger partial charge in [0.25, 0.3) is 0 Å². The molecule has 0 atom stereocenters. The molecule has 0 saturated heterocycles. The summed E-state index contributed by atoms with van der Waals surface area (Å²) in [4.78, 5) is 13.8. The van der Waals surface area contributed by atoms with Gasteiger partial charge >= 0.3 is 0 Å². The Morgan fingerprint density at radius 2 is 1.62 bits per heavy atom. The minimum atomic E-state index is -0.272. The number of carbonyl (C=O) groups is 1. The highest BCUT2D eigenvalue weighted by Gasteiger charge is 2.10. The van der Waals surface area contributed by atoms with Crippen LogP contribution in [0, 0.1) is 5.82 Å². The maximum Gasteiger partial charge on any atom is 0.227 e. The van der Waals surface area contributed by atoms with E-state index in [9.17, 15) is 9.18 Å². The third-order valence-corrected chi connectivity index (χ3v) is 3.27. The molecule has 0 aromatic heterocycles. The Bertz CT molecular complexity index is 593. The lowest BCUT2D eigenvalue weighted by atomic mass is 10.1. The molecule has 3 nitrogen and oxygen atoms in total. The first kappa shape index (κ1) is 15.0. The van der Waals surface area contributed by atoms with Crippen molar-refractivity contribution in [2.75, 3.05) is 14.2 Å². The highest BCUT2D eigenvalue weighted by Crippen LogP contribution is 2.13. The molecule has 0 aliphatic rings. The predicted octanol–water partition coefficient (Wildman–Crippen LogP) is 3.04. The van der Waals surface area contributed by atoms with Gasteiger partial charge in [-0.1, -0.05) is 24.3 Å². The Morgan fingerprint density at radius 1 is 1.05 bits per heavy atom. The largest absolute Gasteiger partial charge is 0.497 e. The highest BCUT2D eigenvalue weighted by atomic mass is 19.1. The van der Waals surface area contributed by atoms with Crippen molar-refractivity contribution < 1.29 is 13.9 Å². The summed E-state index contributed by atoms with van der Waals surface area (Å²) in [5.41, 5.74) is 1.84. The summed E-state index contributed by atoms with van der Waals surface area (Å²) in [5, 5.41) is 0. The predicted molar refractivity (Wildman–Crippen MR) is 79.6 cm³/mol. The van der Waals surface area contributed by atoms with Gasteiger partial charge in [-0.15, -0.1) is 0 Å². The Labute approximate surface area is 124 Å². The van der Waals surface area contributed by atoms with E-state index in [1.54, 1.807) is 31.2 Å². The Morgan fingerprint density at radius 3 is 2.19 bits per heavy atom. The monoisotopic (exact) mass is 287 g/mol. The van der Waals surface area contributed by atoms with Crippen molar-refractivity contribution in [3.05, 3.63) is 65.5 Å². The van der Waals surface area contributed by atoms with Crippen LogP contribution < -0.4 is 4.74 Å². The number of halogens is 1. The zero-order valence-corrected chi connectivity index (χ0v) is 12.2. The van der Waals surface area contributed by atoms with E-state index in [-0.39, 0.29) is 11.7 Å². The molecule has 0 N–H and O–H groups in total. The van der Waals surface area contributed by atoms with Gasteiger partial charge in [0.15, 0.2) is 0 Å². The summed E-state index contributed by atoms with van der Waals surface area (Å²) in [6.45, 7) is 0.468. The van der Waals surface area contributed by atoms with Crippen LogP contribution in [0.25, 0.3) is 0 Å². The Balaban J connectivity index is 1.93. The van der Waals surface area contributed by atoms with Crippen molar-refractivity contribution in [1.29, 1.82) is 0 Å².